The minimum absolute atomic E-state index is 0.0628. The summed E-state index contributed by atoms with van der Waals surface area (Å²) in [5.41, 5.74) is 3.34. The summed E-state index contributed by atoms with van der Waals surface area (Å²) in [5.74, 6) is -0.372. The third-order valence-corrected chi connectivity index (χ3v) is 10.1. The fraction of sp³-hybridized carbons (Fsp3) is 0.520. The number of rotatable bonds is 5. The molecule has 0 aliphatic carbocycles. The third-order valence-electron chi connectivity index (χ3n) is 6.79. The molecule has 34 heavy (non-hydrogen) atoms. The molecule has 3 heterocycles. The average Bonchev–Trinajstić information content (AvgIpc) is 3.18. The molecule has 0 unspecified atom stereocenters. The van der Waals surface area contributed by atoms with E-state index in [1.807, 2.05) is 36.9 Å². The third kappa shape index (κ3) is 5.53. The minimum atomic E-state index is -3.68. The van der Waals surface area contributed by atoms with Crippen molar-refractivity contribution in [3.63, 3.8) is 0 Å². The van der Waals surface area contributed by atoms with Gasteiger partial charge in [-0.3, -0.25) is 9.59 Å². The van der Waals surface area contributed by atoms with Crippen LogP contribution in [0.4, 0.5) is 5.69 Å². The molecule has 1 aromatic carbocycles. The molecular weight excluding hydrogens is 470 g/mol. The number of hydrogen-bond acceptors (Lipinski definition) is 5. The number of sulfonamides is 1. The normalized spacial score (nSPS) is 18.5. The van der Waals surface area contributed by atoms with Crippen molar-refractivity contribution in [1.29, 1.82) is 0 Å². The Hall–Kier alpha value is -2.23. The van der Waals surface area contributed by atoms with Crippen LogP contribution >= 0.6 is 11.3 Å². The zero-order valence-corrected chi connectivity index (χ0v) is 21.5. The van der Waals surface area contributed by atoms with Gasteiger partial charge in [0.1, 0.15) is 4.21 Å². The number of carbonyl (C=O) groups excluding carboxylic acids is 2. The number of amides is 2. The van der Waals surface area contributed by atoms with E-state index >= 15 is 0 Å². The summed E-state index contributed by atoms with van der Waals surface area (Å²) in [4.78, 5) is 27.5. The minimum Gasteiger partial charge on any atom is -0.339 e. The molecule has 2 amide bonds. The quantitative estimate of drug-likeness (QED) is 0.654. The first-order valence-electron chi connectivity index (χ1n) is 12.0. The average molecular weight is 504 g/mol. The van der Waals surface area contributed by atoms with Gasteiger partial charge in [0.15, 0.2) is 0 Å². The van der Waals surface area contributed by atoms with Gasteiger partial charge in [-0.05, 0) is 62.8 Å². The van der Waals surface area contributed by atoms with E-state index in [-0.39, 0.29) is 21.9 Å². The molecule has 2 saturated heterocycles. The van der Waals surface area contributed by atoms with E-state index in [0.717, 1.165) is 66.9 Å². The molecule has 9 heteroatoms. The number of anilines is 1. The van der Waals surface area contributed by atoms with Gasteiger partial charge in [-0.25, -0.2) is 8.42 Å². The molecule has 4 rings (SSSR count). The second-order valence-electron chi connectivity index (χ2n) is 9.35. The van der Waals surface area contributed by atoms with Gasteiger partial charge in [0.2, 0.25) is 5.91 Å². The standard InChI is InChI=1S/C25H33N3O4S2/c1-18-7-8-19(2)22(15-18)26-24(29)20-9-13-28(14-10-20)34(31,32)23-16-21(17-33-23)25(30)27-11-5-3-4-6-12-27/h7-8,15-17,20H,3-6,9-14H2,1-2H3,(H,26,29). The monoisotopic (exact) mass is 503 g/mol. The lowest BCUT2D eigenvalue weighted by Gasteiger charge is -2.30. The molecule has 1 N–H and O–H groups in total. The van der Waals surface area contributed by atoms with Crippen LogP contribution in [0.25, 0.3) is 0 Å². The predicted molar refractivity (Wildman–Crippen MR) is 135 cm³/mol. The lowest BCUT2D eigenvalue weighted by molar-refractivity contribution is -0.120. The highest BCUT2D eigenvalue weighted by atomic mass is 32.2. The molecule has 1 aromatic heterocycles. The number of likely N-dealkylation sites (tertiary alicyclic amines) is 1. The van der Waals surface area contributed by atoms with Gasteiger partial charge in [-0.15, -0.1) is 11.3 Å². The molecule has 2 aliphatic heterocycles. The molecule has 0 bridgehead atoms. The number of nitrogens with one attached hydrogen (secondary N) is 1. The Labute approximate surface area is 206 Å². The predicted octanol–water partition coefficient (Wildman–Crippen LogP) is 4.42. The second kappa shape index (κ2) is 10.6. The fourth-order valence-electron chi connectivity index (χ4n) is 4.61. The first kappa shape index (κ1) is 24.9. The number of thiophene rings is 1. The summed E-state index contributed by atoms with van der Waals surface area (Å²) < 4.78 is 28.1. The highest BCUT2D eigenvalue weighted by Crippen LogP contribution is 2.29. The van der Waals surface area contributed by atoms with Crippen LogP contribution in [0.2, 0.25) is 0 Å². The Balaban J connectivity index is 1.37. The van der Waals surface area contributed by atoms with Crippen LogP contribution in [0.15, 0.2) is 33.9 Å². The second-order valence-corrected chi connectivity index (χ2v) is 12.4. The highest BCUT2D eigenvalue weighted by Gasteiger charge is 2.33. The Bertz CT molecular complexity index is 1140. The number of nitrogens with zero attached hydrogens (tertiary/aromatic N) is 2. The molecule has 0 saturated carbocycles. The van der Waals surface area contributed by atoms with E-state index < -0.39 is 10.0 Å². The van der Waals surface area contributed by atoms with Gasteiger partial charge in [-0.1, -0.05) is 25.0 Å². The van der Waals surface area contributed by atoms with Crippen molar-refractivity contribution < 1.29 is 18.0 Å². The van der Waals surface area contributed by atoms with Crippen molar-refractivity contribution in [1.82, 2.24) is 9.21 Å². The Morgan fingerprint density at radius 1 is 0.971 bits per heavy atom. The van der Waals surface area contributed by atoms with Gasteiger partial charge in [0.05, 0.1) is 5.56 Å². The molecular formula is C25H33N3O4S2. The molecule has 2 fully saturated rings. The molecule has 0 spiro atoms. The summed E-state index contributed by atoms with van der Waals surface area (Å²) in [6, 6.07) is 7.46. The summed E-state index contributed by atoms with van der Waals surface area (Å²) >= 11 is 1.10. The van der Waals surface area contributed by atoms with Crippen molar-refractivity contribution in [3.05, 3.63) is 46.3 Å². The summed E-state index contributed by atoms with van der Waals surface area (Å²) in [6.07, 6.45) is 5.19. The lowest BCUT2D eigenvalue weighted by Crippen LogP contribution is -2.41. The topological polar surface area (TPSA) is 86.8 Å². The van der Waals surface area contributed by atoms with Crippen LogP contribution in [-0.4, -0.2) is 55.6 Å². The maximum atomic E-state index is 13.2. The molecule has 184 valence electrons. The van der Waals surface area contributed by atoms with Gasteiger partial charge in [-0.2, -0.15) is 4.31 Å². The molecule has 2 aromatic rings. The van der Waals surface area contributed by atoms with E-state index in [1.165, 1.54) is 10.4 Å². The number of carbonyl (C=O) groups is 2. The van der Waals surface area contributed by atoms with Crippen molar-refractivity contribution in [3.8, 4) is 0 Å². The zero-order valence-electron chi connectivity index (χ0n) is 19.9. The molecule has 0 atom stereocenters. The Morgan fingerprint density at radius 3 is 2.32 bits per heavy atom. The SMILES string of the molecule is Cc1ccc(C)c(NC(=O)C2CCN(S(=O)(=O)c3cc(C(=O)N4CCCCCC4)cs3)CC2)c1. The Morgan fingerprint density at radius 2 is 1.65 bits per heavy atom. The molecule has 2 aliphatic rings. The summed E-state index contributed by atoms with van der Waals surface area (Å²) in [7, 11) is -3.68. The summed E-state index contributed by atoms with van der Waals surface area (Å²) in [5, 5.41) is 4.67. The first-order valence-corrected chi connectivity index (χ1v) is 14.3. The highest BCUT2D eigenvalue weighted by molar-refractivity contribution is 7.91. The van der Waals surface area contributed by atoms with Crippen LogP contribution < -0.4 is 5.32 Å². The lowest BCUT2D eigenvalue weighted by atomic mass is 9.97. The van der Waals surface area contributed by atoms with E-state index in [2.05, 4.69) is 5.32 Å². The molecule has 7 nitrogen and oxygen atoms in total. The van der Waals surface area contributed by atoms with Gasteiger partial charge in [0.25, 0.3) is 15.9 Å². The number of piperidine rings is 1. The maximum absolute atomic E-state index is 13.2. The van der Waals surface area contributed by atoms with Crippen LogP contribution in [-0.2, 0) is 14.8 Å². The fourth-order valence-corrected chi connectivity index (χ4v) is 7.39. The van der Waals surface area contributed by atoms with E-state index in [1.54, 1.807) is 5.38 Å². The van der Waals surface area contributed by atoms with E-state index in [4.69, 9.17) is 0 Å². The van der Waals surface area contributed by atoms with Crippen LogP contribution in [0.5, 0.6) is 0 Å². The van der Waals surface area contributed by atoms with Gasteiger partial charge in [0, 0.05) is 43.2 Å². The molecule has 0 radical (unpaired) electrons. The van der Waals surface area contributed by atoms with Crippen molar-refractivity contribution in [2.24, 2.45) is 5.92 Å². The van der Waals surface area contributed by atoms with Crippen LogP contribution in [0, 0.1) is 19.8 Å². The van der Waals surface area contributed by atoms with Gasteiger partial charge < -0.3 is 10.2 Å². The largest absolute Gasteiger partial charge is 0.339 e. The first-order chi connectivity index (χ1) is 16.3. The van der Waals surface area contributed by atoms with Crippen molar-refractivity contribution in [2.45, 2.75) is 56.6 Å². The Kier molecular flexibility index (Phi) is 7.74. The zero-order chi connectivity index (χ0) is 24.3. The number of hydrogen-bond donors (Lipinski definition) is 1. The van der Waals surface area contributed by atoms with E-state index in [0.29, 0.717) is 31.5 Å². The van der Waals surface area contributed by atoms with Crippen LogP contribution in [0.1, 0.15) is 60.0 Å². The van der Waals surface area contributed by atoms with E-state index in [9.17, 15) is 18.0 Å². The van der Waals surface area contributed by atoms with Crippen molar-refractivity contribution >= 4 is 38.9 Å². The number of benzene rings is 1. The van der Waals surface area contributed by atoms with Gasteiger partial charge >= 0.3 is 0 Å². The number of aryl methyl sites for hydroxylation is 2. The van der Waals surface area contributed by atoms with Crippen molar-refractivity contribution in [2.75, 3.05) is 31.5 Å². The smallest absolute Gasteiger partial charge is 0.254 e. The summed E-state index contributed by atoms with van der Waals surface area (Å²) in [6.45, 7) is 5.98. The maximum Gasteiger partial charge on any atom is 0.254 e. The van der Waals surface area contributed by atoms with Crippen LogP contribution in [0.3, 0.4) is 0 Å².